The fourth-order valence-corrected chi connectivity index (χ4v) is 2.53. The standard InChI is InChI=1S/C15H13NO3/c1-15(8-16)6-5-11-10-4-3-9(18-2)7-12(10)19-13(11)14(15)17/h3-4,7H,5-6H2,1-2H3/t15-/m1/s1. The molecule has 0 saturated heterocycles. The maximum absolute atomic E-state index is 12.3. The lowest BCUT2D eigenvalue weighted by Crippen LogP contribution is -2.31. The molecule has 1 heterocycles. The first kappa shape index (κ1) is 11.8. The normalized spacial score (nSPS) is 22.1. The second kappa shape index (κ2) is 3.86. The third-order valence-corrected chi connectivity index (χ3v) is 3.83. The second-order valence-electron chi connectivity index (χ2n) is 5.04. The predicted octanol–water partition coefficient (Wildman–Crippen LogP) is 3.10. The van der Waals surface area contributed by atoms with Gasteiger partial charge < -0.3 is 9.15 Å². The van der Waals surface area contributed by atoms with Crippen LogP contribution in [0.2, 0.25) is 0 Å². The second-order valence-corrected chi connectivity index (χ2v) is 5.04. The number of rotatable bonds is 1. The van der Waals surface area contributed by atoms with Gasteiger partial charge in [-0.05, 0) is 31.9 Å². The fourth-order valence-electron chi connectivity index (χ4n) is 2.53. The van der Waals surface area contributed by atoms with E-state index in [1.54, 1.807) is 20.1 Å². The van der Waals surface area contributed by atoms with Crippen LogP contribution in [0.15, 0.2) is 22.6 Å². The Bertz CT molecular complexity index is 723. The Balaban J connectivity index is 2.22. The number of hydrogen-bond acceptors (Lipinski definition) is 4. The molecule has 19 heavy (non-hydrogen) atoms. The van der Waals surface area contributed by atoms with Gasteiger partial charge >= 0.3 is 0 Å². The molecule has 0 radical (unpaired) electrons. The molecule has 1 aromatic heterocycles. The van der Waals surface area contributed by atoms with Crippen molar-refractivity contribution in [2.45, 2.75) is 19.8 Å². The highest BCUT2D eigenvalue weighted by atomic mass is 16.5. The molecule has 1 aromatic carbocycles. The summed E-state index contributed by atoms with van der Waals surface area (Å²) in [7, 11) is 1.59. The minimum absolute atomic E-state index is 0.216. The molecule has 2 aromatic rings. The molecule has 0 aliphatic heterocycles. The van der Waals surface area contributed by atoms with E-state index in [2.05, 4.69) is 6.07 Å². The van der Waals surface area contributed by atoms with Crippen LogP contribution in [0.25, 0.3) is 11.0 Å². The van der Waals surface area contributed by atoms with Crippen molar-refractivity contribution in [3.63, 3.8) is 0 Å². The Labute approximate surface area is 110 Å². The molecule has 1 atom stereocenters. The summed E-state index contributed by atoms with van der Waals surface area (Å²) in [5.41, 5.74) is 0.584. The first-order valence-electron chi connectivity index (χ1n) is 6.14. The molecular formula is C15H13NO3. The van der Waals surface area contributed by atoms with Gasteiger partial charge in [-0.3, -0.25) is 4.79 Å². The van der Waals surface area contributed by atoms with E-state index in [1.807, 2.05) is 12.1 Å². The zero-order valence-electron chi connectivity index (χ0n) is 10.8. The van der Waals surface area contributed by atoms with Crippen molar-refractivity contribution in [1.29, 1.82) is 5.26 Å². The number of benzene rings is 1. The van der Waals surface area contributed by atoms with E-state index in [1.165, 1.54) is 0 Å². The van der Waals surface area contributed by atoms with Crippen molar-refractivity contribution >= 4 is 16.8 Å². The number of fused-ring (bicyclic) bond motifs is 3. The van der Waals surface area contributed by atoms with Crippen LogP contribution >= 0.6 is 0 Å². The van der Waals surface area contributed by atoms with E-state index >= 15 is 0 Å². The molecule has 1 aliphatic carbocycles. The molecule has 0 saturated carbocycles. The zero-order chi connectivity index (χ0) is 13.6. The van der Waals surface area contributed by atoms with E-state index in [4.69, 9.17) is 9.15 Å². The van der Waals surface area contributed by atoms with Crippen LogP contribution in [-0.4, -0.2) is 12.9 Å². The number of carbonyl (C=O) groups excluding carboxylic acids is 1. The minimum atomic E-state index is -0.967. The minimum Gasteiger partial charge on any atom is -0.497 e. The number of ketones is 1. The maximum atomic E-state index is 12.3. The summed E-state index contributed by atoms with van der Waals surface area (Å²) in [6.07, 6.45) is 1.22. The van der Waals surface area contributed by atoms with Gasteiger partial charge in [0.2, 0.25) is 5.78 Å². The largest absolute Gasteiger partial charge is 0.497 e. The summed E-state index contributed by atoms with van der Waals surface area (Å²) < 4.78 is 10.8. The topological polar surface area (TPSA) is 63.2 Å². The number of Topliss-reactive ketones (excluding diaryl/α,β-unsaturated/α-hetero) is 1. The number of nitrogens with zero attached hydrogens (tertiary/aromatic N) is 1. The van der Waals surface area contributed by atoms with Crippen molar-refractivity contribution in [3.8, 4) is 11.8 Å². The molecule has 0 bridgehead atoms. The quantitative estimate of drug-likeness (QED) is 0.785. The number of nitriles is 1. The molecule has 0 fully saturated rings. The van der Waals surface area contributed by atoms with E-state index in [9.17, 15) is 10.1 Å². The smallest absolute Gasteiger partial charge is 0.218 e. The number of hydrogen-bond donors (Lipinski definition) is 0. The van der Waals surface area contributed by atoms with Gasteiger partial charge in [0.1, 0.15) is 16.7 Å². The van der Waals surface area contributed by atoms with Crippen LogP contribution < -0.4 is 4.74 Å². The first-order chi connectivity index (χ1) is 9.09. The highest BCUT2D eigenvalue weighted by Gasteiger charge is 2.42. The van der Waals surface area contributed by atoms with Gasteiger partial charge in [0.15, 0.2) is 5.76 Å². The molecule has 0 amide bonds. The molecular weight excluding hydrogens is 242 g/mol. The van der Waals surface area contributed by atoms with Gasteiger partial charge in [-0.15, -0.1) is 0 Å². The van der Waals surface area contributed by atoms with Crippen LogP contribution in [-0.2, 0) is 6.42 Å². The van der Waals surface area contributed by atoms with E-state index in [0.29, 0.717) is 29.9 Å². The lowest BCUT2D eigenvalue weighted by atomic mass is 9.75. The zero-order valence-corrected chi connectivity index (χ0v) is 10.8. The van der Waals surface area contributed by atoms with Crippen LogP contribution in [0.4, 0.5) is 0 Å². The Morgan fingerprint density at radius 2 is 2.26 bits per heavy atom. The molecule has 0 N–H and O–H groups in total. The Morgan fingerprint density at radius 3 is 2.95 bits per heavy atom. The van der Waals surface area contributed by atoms with Crippen LogP contribution in [0.1, 0.15) is 29.5 Å². The summed E-state index contributed by atoms with van der Waals surface area (Å²) in [5.74, 6) is 0.805. The maximum Gasteiger partial charge on any atom is 0.218 e. The number of aryl methyl sites for hydroxylation is 1. The molecule has 4 heteroatoms. The SMILES string of the molecule is COc1ccc2c3c(oc2c1)C(=O)[C@@](C)(C#N)CC3. The highest BCUT2D eigenvalue weighted by Crippen LogP contribution is 2.40. The molecule has 96 valence electrons. The summed E-state index contributed by atoms with van der Waals surface area (Å²) in [5, 5.41) is 10.1. The third kappa shape index (κ3) is 1.55. The van der Waals surface area contributed by atoms with Gasteiger partial charge in [0.25, 0.3) is 0 Å². The van der Waals surface area contributed by atoms with Gasteiger partial charge in [0.05, 0.1) is 13.2 Å². The molecule has 0 unspecified atom stereocenters. The first-order valence-corrected chi connectivity index (χ1v) is 6.14. The number of ether oxygens (including phenoxy) is 1. The molecule has 3 rings (SSSR count). The number of carbonyl (C=O) groups is 1. The Morgan fingerprint density at radius 1 is 1.47 bits per heavy atom. The van der Waals surface area contributed by atoms with Crippen molar-refractivity contribution in [3.05, 3.63) is 29.5 Å². The molecule has 4 nitrogen and oxygen atoms in total. The summed E-state index contributed by atoms with van der Waals surface area (Å²) in [6, 6.07) is 7.62. The summed E-state index contributed by atoms with van der Waals surface area (Å²) in [4.78, 5) is 12.3. The van der Waals surface area contributed by atoms with Gasteiger partial charge in [-0.2, -0.15) is 5.26 Å². The highest BCUT2D eigenvalue weighted by molar-refractivity contribution is 6.06. The van der Waals surface area contributed by atoms with Gasteiger partial charge in [0, 0.05) is 17.0 Å². The van der Waals surface area contributed by atoms with Crippen molar-refractivity contribution in [2.75, 3.05) is 7.11 Å². The lowest BCUT2D eigenvalue weighted by molar-refractivity contribution is 0.0824. The number of furan rings is 1. The van der Waals surface area contributed by atoms with E-state index < -0.39 is 5.41 Å². The molecule has 0 spiro atoms. The Kier molecular flexibility index (Phi) is 2.39. The van der Waals surface area contributed by atoms with Crippen LogP contribution in [0.5, 0.6) is 5.75 Å². The average molecular weight is 255 g/mol. The van der Waals surface area contributed by atoms with Gasteiger partial charge in [-0.25, -0.2) is 0 Å². The van der Waals surface area contributed by atoms with E-state index in [0.717, 1.165) is 10.9 Å². The van der Waals surface area contributed by atoms with E-state index in [-0.39, 0.29) is 5.78 Å². The monoisotopic (exact) mass is 255 g/mol. The fraction of sp³-hybridized carbons (Fsp3) is 0.333. The number of methoxy groups -OCH3 is 1. The molecule has 1 aliphatic rings. The average Bonchev–Trinajstić information content (AvgIpc) is 2.81. The van der Waals surface area contributed by atoms with Gasteiger partial charge in [-0.1, -0.05) is 0 Å². The summed E-state index contributed by atoms with van der Waals surface area (Å²) >= 11 is 0. The van der Waals surface area contributed by atoms with Crippen LogP contribution in [0, 0.1) is 16.7 Å². The predicted molar refractivity (Wildman–Crippen MR) is 69.1 cm³/mol. The van der Waals surface area contributed by atoms with Crippen molar-refractivity contribution < 1.29 is 13.9 Å². The van der Waals surface area contributed by atoms with Crippen molar-refractivity contribution in [2.24, 2.45) is 5.41 Å². The Hall–Kier alpha value is -2.28. The van der Waals surface area contributed by atoms with Crippen LogP contribution in [0.3, 0.4) is 0 Å². The third-order valence-electron chi connectivity index (χ3n) is 3.83. The lowest BCUT2D eigenvalue weighted by Gasteiger charge is -2.23. The summed E-state index contributed by atoms with van der Waals surface area (Å²) in [6.45, 7) is 1.67. The van der Waals surface area contributed by atoms with Crippen molar-refractivity contribution in [1.82, 2.24) is 0 Å².